The van der Waals surface area contributed by atoms with Gasteiger partial charge in [0.05, 0.1) is 11.8 Å². The SMILES string of the molecule is CCN(CC)c1cnnc(Nc2ccc(C(F)(F)F)cc2)n1. The van der Waals surface area contributed by atoms with Crippen molar-refractivity contribution in [3.63, 3.8) is 0 Å². The lowest BCUT2D eigenvalue weighted by atomic mass is 10.2. The molecule has 1 aromatic carbocycles. The van der Waals surface area contributed by atoms with Gasteiger partial charge < -0.3 is 10.2 Å². The number of aromatic nitrogens is 3. The maximum atomic E-state index is 12.5. The first-order valence-corrected chi connectivity index (χ1v) is 6.83. The highest BCUT2D eigenvalue weighted by Crippen LogP contribution is 2.30. The molecule has 0 unspecified atom stereocenters. The third kappa shape index (κ3) is 3.84. The topological polar surface area (TPSA) is 53.9 Å². The summed E-state index contributed by atoms with van der Waals surface area (Å²) in [7, 11) is 0. The average molecular weight is 311 g/mol. The average Bonchev–Trinajstić information content (AvgIpc) is 2.48. The van der Waals surface area contributed by atoms with Crippen LogP contribution >= 0.6 is 0 Å². The number of rotatable bonds is 5. The van der Waals surface area contributed by atoms with E-state index in [1.165, 1.54) is 12.1 Å². The fraction of sp³-hybridized carbons (Fsp3) is 0.357. The maximum Gasteiger partial charge on any atom is 0.416 e. The van der Waals surface area contributed by atoms with Gasteiger partial charge in [0.1, 0.15) is 0 Å². The van der Waals surface area contributed by atoms with Crippen molar-refractivity contribution in [3.8, 4) is 0 Å². The first kappa shape index (κ1) is 16.0. The van der Waals surface area contributed by atoms with Crippen LogP contribution in [0.25, 0.3) is 0 Å². The molecule has 0 bridgehead atoms. The molecule has 0 aliphatic carbocycles. The molecule has 0 saturated heterocycles. The molecule has 0 amide bonds. The Balaban J connectivity index is 2.15. The van der Waals surface area contributed by atoms with Gasteiger partial charge in [-0.25, -0.2) is 0 Å². The summed E-state index contributed by atoms with van der Waals surface area (Å²) in [6.45, 7) is 5.53. The molecular weight excluding hydrogens is 295 g/mol. The van der Waals surface area contributed by atoms with Crippen molar-refractivity contribution in [2.24, 2.45) is 0 Å². The molecule has 118 valence electrons. The van der Waals surface area contributed by atoms with E-state index in [0.717, 1.165) is 25.2 Å². The summed E-state index contributed by atoms with van der Waals surface area (Å²) in [5.74, 6) is 0.901. The number of benzene rings is 1. The van der Waals surface area contributed by atoms with E-state index >= 15 is 0 Å². The Kier molecular flexibility index (Phi) is 4.79. The van der Waals surface area contributed by atoms with Crippen LogP contribution in [0, 0.1) is 0 Å². The van der Waals surface area contributed by atoms with Gasteiger partial charge in [0, 0.05) is 18.8 Å². The highest BCUT2D eigenvalue weighted by molar-refractivity contribution is 5.55. The van der Waals surface area contributed by atoms with Crippen LogP contribution in [0.5, 0.6) is 0 Å². The molecule has 0 fully saturated rings. The number of alkyl halides is 3. The molecule has 8 heteroatoms. The van der Waals surface area contributed by atoms with Crippen LogP contribution in [0.4, 0.5) is 30.6 Å². The quantitative estimate of drug-likeness (QED) is 0.916. The third-order valence-corrected chi connectivity index (χ3v) is 3.10. The van der Waals surface area contributed by atoms with E-state index in [9.17, 15) is 13.2 Å². The highest BCUT2D eigenvalue weighted by atomic mass is 19.4. The van der Waals surface area contributed by atoms with Gasteiger partial charge in [-0.1, -0.05) is 0 Å². The molecule has 0 aliphatic rings. The second-order valence-electron chi connectivity index (χ2n) is 4.51. The molecule has 2 rings (SSSR count). The van der Waals surface area contributed by atoms with Gasteiger partial charge >= 0.3 is 6.18 Å². The van der Waals surface area contributed by atoms with Crippen molar-refractivity contribution in [2.75, 3.05) is 23.3 Å². The van der Waals surface area contributed by atoms with Crippen LogP contribution in [0.15, 0.2) is 30.5 Å². The van der Waals surface area contributed by atoms with Crippen molar-refractivity contribution in [2.45, 2.75) is 20.0 Å². The van der Waals surface area contributed by atoms with Gasteiger partial charge in [-0.05, 0) is 38.1 Å². The molecule has 1 N–H and O–H groups in total. The summed E-state index contributed by atoms with van der Waals surface area (Å²) in [6, 6.07) is 4.67. The number of halogens is 3. The largest absolute Gasteiger partial charge is 0.416 e. The van der Waals surface area contributed by atoms with Gasteiger partial charge in [-0.3, -0.25) is 0 Å². The number of nitrogens with one attached hydrogen (secondary N) is 1. The van der Waals surface area contributed by atoms with Crippen LogP contribution in [0.2, 0.25) is 0 Å². The lowest BCUT2D eigenvalue weighted by molar-refractivity contribution is -0.137. The lowest BCUT2D eigenvalue weighted by Gasteiger charge is -2.19. The van der Waals surface area contributed by atoms with Gasteiger partial charge in [0.25, 0.3) is 0 Å². The molecule has 0 radical (unpaired) electrons. The molecule has 0 aliphatic heterocycles. The fourth-order valence-electron chi connectivity index (χ4n) is 1.92. The summed E-state index contributed by atoms with van der Waals surface area (Å²) in [5.41, 5.74) is -0.236. The molecule has 5 nitrogen and oxygen atoms in total. The summed E-state index contributed by atoms with van der Waals surface area (Å²) < 4.78 is 37.5. The van der Waals surface area contributed by atoms with Gasteiger partial charge in [0.15, 0.2) is 5.82 Å². The second-order valence-corrected chi connectivity index (χ2v) is 4.51. The summed E-state index contributed by atoms with van der Waals surface area (Å²) in [6.07, 6.45) is -2.80. The zero-order valence-corrected chi connectivity index (χ0v) is 12.2. The molecular formula is C14H16F3N5. The molecule has 2 aromatic rings. The van der Waals surface area contributed by atoms with Crippen molar-refractivity contribution >= 4 is 17.5 Å². The summed E-state index contributed by atoms with van der Waals surface area (Å²) in [4.78, 5) is 6.29. The van der Waals surface area contributed by atoms with Crippen LogP contribution < -0.4 is 10.2 Å². The Morgan fingerprint density at radius 1 is 1.09 bits per heavy atom. The minimum Gasteiger partial charge on any atom is -0.356 e. The zero-order chi connectivity index (χ0) is 16.2. The van der Waals surface area contributed by atoms with E-state index in [2.05, 4.69) is 20.5 Å². The summed E-state index contributed by atoms with van der Waals surface area (Å²) in [5, 5.41) is 10.5. The predicted octanol–water partition coefficient (Wildman–Crippen LogP) is 3.48. The van der Waals surface area contributed by atoms with Crippen molar-refractivity contribution in [3.05, 3.63) is 36.0 Å². The first-order chi connectivity index (χ1) is 10.4. The Hall–Kier alpha value is -2.38. The van der Waals surface area contributed by atoms with Crippen LogP contribution in [0.1, 0.15) is 19.4 Å². The van der Waals surface area contributed by atoms with Crippen LogP contribution in [-0.4, -0.2) is 28.3 Å². The zero-order valence-electron chi connectivity index (χ0n) is 12.2. The predicted molar refractivity (Wildman–Crippen MR) is 78.1 cm³/mol. The Labute approximate surface area is 126 Å². The molecule has 22 heavy (non-hydrogen) atoms. The molecule has 0 atom stereocenters. The molecule has 0 spiro atoms. The van der Waals surface area contributed by atoms with Crippen molar-refractivity contribution < 1.29 is 13.2 Å². The van der Waals surface area contributed by atoms with E-state index in [-0.39, 0.29) is 5.95 Å². The molecule has 1 heterocycles. The minimum absolute atomic E-state index is 0.240. The number of hydrogen-bond donors (Lipinski definition) is 1. The molecule has 1 aromatic heterocycles. The Morgan fingerprint density at radius 2 is 1.73 bits per heavy atom. The Bertz CT molecular complexity index is 609. The van der Waals surface area contributed by atoms with Crippen molar-refractivity contribution in [1.82, 2.24) is 15.2 Å². The first-order valence-electron chi connectivity index (χ1n) is 6.83. The monoisotopic (exact) mass is 311 g/mol. The van der Waals surface area contributed by atoms with Gasteiger partial charge in [-0.2, -0.15) is 23.3 Å². The van der Waals surface area contributed by atoms with Gasteiger partial charge in [0.2, 0.25) is 5.95 Å². The van der Waals surface area contributed by atoms with E-state index in [0.29, 0.717) is 11.5 Å². The normalized spacial score (nSPS) is 11.3. The number of hydrogen-bond acceptors (Lipinski definition) is 5. The van der Waals surface area contributed by atoms with E-state index in [1.807, 2.05) is 18.7 Å². The van der Waals surface area contributed by atoms with E-state index < -0.39 is 11.7 Å². The van der Waals surface area contributed by atoms with E-state index in [1.54, 1.807) is 6.20 Å². The Morgan fingerprint density at radius 3 is 2.27 bits per heavy atom. The minimum atomic E-state index is -4.35. The number of nitrogens with zero attached hydrogens (tertiary/aromatic N) is 4. The van der Waals surface area contributed by atoms with E-state index in [4.69, 9.17) is 0 Å². The maximum absolute atomic E-state index is 12.5. The third-order valence-electron chi connectivity index (χ3n) is 3.10. The summed E-state index contributed by atoms with van der Waals surface area (Å²) >= 11 is 0. The van der Waals surface area contributed by atoms with Crippen LogP contribution in [-0.2, 0) is 6.18 Å². The smallest absolute Gasteiger partial charge is 0.356 e. The molecule has 0 saturated carbocycles. The highest BCUT2D eigenvalue weighted by Gasteiger charge is 2.29. The fourth-order valence-corrected chi connectivity index (χ4v) is 1.92. The standard InChI is InChI=1S/C14H16F3N5/c1-3-22(4-2)12-9-18-21-13(20-12)19-11-7-5-10(6-8-11)14(15,16)17/h5-9H,3-4H2,1-2H3,(H,19,20,21). The van der Waals surface area contributed by atoms with Crippen molar-refractivity contribution in [1.29, 1.82) is 0 Å². The number of anilines is 3. The second kappa shape index (κ2) is 6.59. The van der Waals surface area contributed by atoms with Crippen LogP contribution in [0.3, 0.4) is 0 Å². The van der Waals surface area contributed by atoms with Gasteiger partial charge in [-0.15, -0.1) is 5.10 Å². The lowest BCUT2D eigenvalue weighted by Crippen LogP contribution is -2.23.